The zero-order chi connectivity index (χ0) is 54.9. The number of benzene rings is 8. The summed E-state index contributed by atoms with van der Waals surface area (Å²) in [6.45, 7) is 36.2. The number of fused-ring (bicyclic) bond motifs is 10. The largest absolute Gasteiger partial charge is 0.330 e. The van der Waals surface area contributed by atoms with Crippen molar-refractivity contribution in [3.63, 3.8) is 0 Å². The van der Waals surface area contributed by atoms with Gasteiger partial charge in [0.2, 0.25) is 0 Å². The molecule has 2 unspecified atom stereocenters. The van der Waals surface area contributed by atoms with Gasteiger partial charge in [0.15, 0.2) is 0 Å². The molecule has 2 aliphatic carbocycles. The van der Waals surface area contributed by atoms with E-state index in [-0.39, 0.29) is 39.2 Å². The minimum atomic E-state index is -0.394. The van der Waals surface area contributed by atoms with Gasteiger partial charge in [0, 0.05) is 50.8 Å². The zero-order valence-electron chi connectivity index (χ0n) is 49.3. The van der Waals surface area contributed by atoms with E-state index in [1.807, 2.05) is 0 Å². The Balaban J connectivity index is 1.21. The first-order valence-electron chi connectivity index (χ1n) is 29.2. The van der Waals surface area contributed by atoms with Gasteiger partial charge in [-0.3, -0.25) is 0 Å². The predicted octanol–water partition coefficient (Wildman–Crippen LogP) is 17.9. The molecule has 8 aromatic carbocycles. The van der Waals surface area contributed by atoms with Crippen LogP contribution in [0, 0.1) is 0 Å². The van der Waals surface area contributed by atoms with Gasteiger partial charge in [0.05, 0.1) is 11.2 Å². The molecule has 78 heavy (non-hydrogen) atoms. The minimum absolute atomic E-state index is 0.00829. The van der Waals surface area contributed by atoms with Crippen molar-refractivity contribution in [2.24, 2.45) is 0 Å². The van der Waals surface area contributed by atoms with Crippen LogP contribution in [0.4, 0.5) is 45.5 Å². The Bertz CT molecular complexity index is 3750. The van der Waals surface area contributed by atoms with Crippen LogP contribution in [-0.4, -0.2) is 6.71 Å². The Morgan fingerprint density at radius 1 is 0.397 bits per heavy atom. The first-order chi connectivity index (χ1) is 36.8. The fourth-order valence-corrected chi connectivity index (χ4v) is 15.0. The van der Waals surface area contributed by atoms with Gasteiger partial charge in [-0.15, -0.1) is 0 Å². The minimum Gasteiger partial charge on any atom is -0.330 e. The number of anilines is 8. The van der Waals surface area contributed by atoms with E-state index in [4.69, 9.17) is 0 Å². The standard InChI is InChI=1S/C74H80BN3/c1-68(2,3)49-29-33-52(34-30-49)76-63-36-32-51(70(7,8)9)42-59(63)75-60-45-57-58(72(12,13)40-39-71(57,10)11)46-64(60)77(61-35-31-50(69(4,5)6)41-54(61)47-23-17-16-18-24-47)66-44-53(43-65(76)67(66)75)78-62-28-22-21-27-56(62)73(14)38-37-48-25-19-20-26-55(48)74(73,78)15/h16-36,41-46H,37-40H2,1-15H3. The van der Waals surface area contributed by atoms with Crippen molar-refractivity contribution < 1.29 is 0 Å². The Morgan fingerprint density at radius 3 is 1.59 bits per heavy atom. The molecule has 13 rings (SSSR count). The first-order valence-corrected chi connectivity index (χ1v) is 29.2. The summed E-state index contributed by atoms with van der Waals surface area (Å²) >= 11 is 0. The molecule has 2 atom stereocenters. The van der Waals surface area contributed by atoms with E-state index in [1.165, 1.54) is 118 Å². The van der Waals surface area contributed by atoms with Gasteiger partial charge in [0.1, 0.15) is 0 Å². The van der Waals surface area contributed by atoms with Gasteiger partial charge in [0.25, 0.3) is 6.71 Å². The van der Waals surface area contributed by atoms with Crippen molar-refractivity contribution in [2.45, 2.75) is 168 Å². The molecular formula is C74H80BN3. The van der Waals surface area contributed by atoms with E-state index in [0.29, 0.717) is 0 Å². The molecule has 3 aliphatic heterocycles. The fraction of sp³-hybridized carbons (Fsp3) is 0.351. The third-order valence-electron chi connectivity index (χ3n) is 20.0. The smallest absolute Gasteiger partial charge is 0.252 e. The highest BCUT2D eigenvalue weighted by atomic mass is 15.3. The van der Waals surface area contributed by atoms with E-state index in [9.17, 15) is 0 Å². The summed E-state index contributed by atoms with van der Waals surface area (Å²) in [5.41, 5.74) is 27.2. The summed E-state index contributed by atoms with van der Waals surface area (Å²) in [5, 5.41) is 0. The SMILES string of the molecule is CC(C)(C)c1ccc(N2c3ccc(C(C)(C)C)cc3B3c4cc5c(cc4N(c4ccc(C(C)(C)C)cc4-c4ccccc4)c4cc(N6c7ccccc7C7(C)CCc8ccccc8C67C)cc2c43)C(C)(C)CCC5(C)C)cc1. The van der Waals surface area contributed by atoms with Crippen molar-refractivity contribution in [3.05, 3.63) is 208 Å². The van der Waals surface area contributed by atoms with Gasteiger partial charge in [-0.05, 0) is 181 Å². The van der Waals surface area contributed by atoms with E-state index in [2.05, 4.69) is 282 Å². The maximum absolute atomic E-state index is 2.79. The van der Waals surface area contributed by atoms with Crippen LogP contribution in [0.1, 0.15) is 168 Å². The van der Waals surface area contributed by atoms with Crippen LogP contribution >= 0.6 is 0 Å². The third-order valence-corrected chi connectivity index (χ3v) is 20.0. The molecule has 0 spiro atoms. The molecule has 8 aromatic rings. The van der Waals surface area contributed by atoms with Gasteiger partial charge < -0.3 is 14.7 Å². The quantitative estimate of drug-likeness (QED) is 0.163. The monoisotopic (exact) mass is 1020 g/mol. The molecule has 0 N–H and O–H groups in total. The summed E-state index contributed by atoms with van der Waals surface area (Å²) < 4.78 is 0. The first kappa shape index (κ1) is 50.7. The van der Waals surface area contributed by atoms with Gasteiger partial charge in [-0.1, -0.05) is 206 Å². The molecule has 0 radical (unpaired) electrons. The molecule has 5 aliphatic rings. The van der Waals surface area contributed by atoms with Crippen LogP contribution in [0.5, 0.6) is 0 Å². The molecule has 4 heteroatoms. The molecule has 3 nitrogen and oxygen atoms in total. The molecular weight excluding hydrogens is 942 g/mol. The van der Waals surface area contributed by atoms with E-state index in [0.717, 1.165) is 25.7 Å². The topological polar surface area (TPSA) is 9.72 Å². The molecule has 0 fully saturated rings. The molecule has 0 saturated heterocycles. The second-order valence-corrected chi connectivity index (χ2v) is 28.8. The third kappa shape index (κ3) is 7.36. The highest BCUT2D eigenvalue weighted by Crippen LogP contribution is 2.65. The lowest BCUT2D eigenvalue weighted by atomic mass is 9.33. The lowest BCUT2D eigenvalue weighted by Gasteiger charge is -2.52. The molecule has 0 saturated carbocycles. The Kier molecular flexibility index (Phi) is 11.0. The molecule has 0 aromatic heterocycles. The van der Waals surface area contributed by atoms with Gasteiger partial charge >= 0.3 is 0 Å². The molecule has 0 bridgehead atoms. The average Bonchev–Trinajstić information content (AvgIpc) is 3.87. The second-order valence-electron chi connectivity index (χ2n) is 28.8. The lowest BCUT2D eigenvalue weighted by Crippen LogP contribution is -2.62. The fourth-order valence-electron chi connectivity index (χ4n) is 15.0. The zero-order valence-corrected chi connectivity index (χ0v) is 49.3. The van der Waals surface area contributed by atoms with E-state index >= 15 is 0 Å². The van der Waals surface area contributed by atoms with Crippen molar-refractivity contribution >= 4 is 68.6 Å². The number of rotatable bonds is 4. The summed E-state index contributed by atoms with van der Waals surface area (Å²) in [7, 11) is 0. The molecule has 394 valence electrons. The number of aryl methyl sites for hydroxylation is 1. The molecule has 3 heterocycles. The summed E-state index contributed by atoms with van der Waals surface area (Å²) in [6.07, 6.45) is 4.42. The van der Waals surface area contributed by atoms with Crippen LogP contribution in [0.2, 0.25) is 0 Å². The van der Waals surface area contributed by atoms with Gasteiger partial charge in [-0.2, -0.15) is 0 Å². The van der Waals surface area contributed by atoms with Crippen LogP contribution in [0.3, 0.4) is 0 Å². The van der Waals surface area contributed by atoms with Crippen LogP contribution < -0.4 is 31.1 Å². The molecule has 0 amide bonds. The van der Waals surface area contributed by atoms with Crippen molar-refractivity contribution in [1.82, 2.24) is 0 Å². The van der Waals surface area contributed by atoms with Crippen molar-refractivity contribution in [2.75, 3.05) is 14.7 Å². The lowest BCUT2D eigenvalue weighted by molar-refractivity contribution is 0.245. The van der Waals surface area contributed by atoms with Crippen LogP contribution in [0.15, 0.2) is 164 Å². The predicted molar refractivity (Wildman–Crippen MR) is 335 cm³/mol. The van der Waals surface area contributed by atoms with Crippen molar-refractivity contribution in [3.8, 4) is 11.1 Å². The van der Waals surface area contributed by atoms with Gasteiger partial charge in [-0.25, -0.2) is 0 Å². The average molecular weight is 1020 g/mol. The van der Waals surface area contributed by atoms with Crippen LogP contribution in [-0.2, 0) is 44.4 Å². The second kappa shape index (κ2) is 16.9. The Labute approximate surface area is 467 Å². The maximum Gasteiger partial charge on any atom is 0.252 e. The van der Waals surface area contributed by atoms with E-state index < -0.39 is 5.54 Å². The highest BCUT2D eigenvalue weighted by Gasteiger charge is 2.60. The normalized spacial score (nSPS) is 20.5. The maximum atomic E-state index is 2.79. The van der Waals surface area contributed by atoms with Crippen LogP contribution in [0.25, 0.3) is 11.1 Å². The van der Waals surface area contributed by atoms with E-state index in [1.54, 1.807) is 0 Å². The van der Waals surface area contributed by atoms with Crippen molar-refractivity contribution in [1.29, 1.82) is 0 Å². The summed E-state index contributed by atoms with van der Waals surface area (Å²) in [5.74, 6) is 0. The Morgan fingerprint density at radius 2 is 0.936 bits per heavy atom. The number of hydrogen-bond donors (Lipinski definition) is 0. The number of nitrogens with zero attached hydrogens (tertiary/aromatic N) is 3. The summed E-state index contributed by atoms with van der Waals surface area (Å²) in [4.78, 5) is 8.19. The Hall–Kier alpha value is -6.78. The number of hydrogen-bond acceptors (Lipinski definition) is 3. The summed E-state index contributed by atoms with van der Waals surface area (Å²) in [6, 6.07) is 65.1. The highest BCUT2D eigenvalue weighted by molar-refractivity contribution is 7.00. The number of para-hydroxylation sites is 1.